The van der Waals surface area contributed by atoms with Crippen molar-refractivity contribution in [2.45, 2.75) is 38.6 Å². The number of benzene rings is 1. The standard InChI is InChI=1S/C17H22ClN5O/c1-11(2)16-21-15(17(24)20-12-7-9-19-10-8-12)22-23(16)14-6-4-3-5-13(14)18/h3-6,11-12,19H,7-10H2,1-2H3,(H,20,24). The molecule has 1 amide bonds. The van der Waals surface area contributed by atoms with Crippen LogP contribution >= 0.6 is 11.6 Å². The minimum atomic E-state index is -0.227. The molecule has 0 spiro atoms. The smallest absolute Gasteiger partial charge is 0.291 e. The first kappa shape index (κ1) is 16.9. The Morgan fingerprint density at radius 1 is 1.33 bits per heavy atom. The lowest BCUT2D eigenvalue weighted by Crippen LogP contribution is -2.43. The number of rotatable bonds is 4. The fourth-order valence-corrected chi connectivity index (χ4v) is 3.03. The molecule has 0 radical (unpaired) electrons. The van der Waals surface area contributed by atoms with Crippen molar-refractivity contribution >= 4 is 17.5 Å². The highest BCUT2D eigenvalue weighted by atomic mass is 35.5. The maximum atomic E-state index is 12.5. The minimum Gasteiger partial charge on any atom is -0.346 e. The van der Waals surface area contributed by atoms with E-state index in [9.17, 15) is 4.79 Å². The van der Waals surface area contributed by atoms with Gasteiger partial charge in [0.2, 0.25) is 5.82 Å². The van der Waals surface area contributed by atoms with Gasteiger partial charge in [-0.3, -0.25) is 4.79 Å². The number of piperidine rings is 1. The van der Waals surface area contributed by atoms with Crippen molar-refractivity contribution in [3.63, 3.8) is 0 Å². The second-order valence-electron chi connectivity index (χ2n) is 6.31. The number of amides is 1. The predicted octanol–water partition coefficient (Wildman–Crippen LogP) is 2.53. The molecule has 0 unspecified atom stereocenters. The van der Waals surface area contributed by atoms with Crippen molar-refractivity contribution in [2.24, 2.45) is 0 Å². The topological polar surface area (TPSA) is 71.8 Å². The Kier molecular flexibility index (Phi) is 5.16. The monoisotopic (exact) mass is 347 g/mol. The van der Waals surface area contributed by atoms with E-state index in [0.717, 1.165) is 37.4 Å². The molecule has 2 aromatic rings. The Morgan fingerprint density at radius 3 is 2.71 bits per heavy atom. The zero-order chi connectivity index (χ0) is 17.1. The summed E-state index contributed by atoms with van der Waals surface area (Å²) >= 11 is 6.28. The third kappa shape index (κ3) is 3.60. The molecule has 3 rings (SSSR count). The molecule has 1 saturated heterocycles. The van der Waals surface area contributed by atoms with Crippen molar-refractivity contribution in [2.75, 3.05) is 13.1 Å². The second kappa shape index (κ2) is 7.32. The summed E-state index contributed by atoms with van der Waals surface area (Å²) in [5.74, 6) is 0.805. The molecular formula is C17H22ClN5O. The van der Waals surface area contributed by atoms with Crippen LogP contribution in [0.4, 0.5) is 0 Å². The molecular weight excluding hydrogens is 326 g/mol. The van der Waals surface area contributed by atoms with Crippen molar-refractivity contribution in [3.8, 4) is 5.69 Å². The van der Waals surface area contributed by atoms with Crippen LogP contribution in [0.2, 0.25) is 5.02 Å². The van der Waals surface area contributed by atoms with E-state index < -0.39 is 0 Å². The molecule has 7 heteroatoms. The molecule has 24 heavy (non-hydrogen) atoms. The maximum Gasteiger partial charge on any atom is 0.291 e. The lowest BCUT2D eigenvalue weighted by molar-refractivity contribution is 0.0919. The highest BCUT2D eigenvalue weighted by Gasteiger charge is 2.23. The fourth-order valence-electron chi connectivity index (χ4n) is 2.81. The van der Waals surface area contributed by atoms with E-state index in [0.29, 0.717) is 5.02 Å². The van der Waals surface area contributed by atoms with Crippen molar-refractivity contribution in [1.82, 2.24) is 25.4 Å². The van der Waals surface area contributed by atoms with E-state index in [4.69, 9.17) is 11.6 Å². The van der Waals surface area contributed by atoms with E-state index in [2.05, 4.69) is 20.7 Å². The molecule has 1 fully saturated rings. The van der Waals surface area contributed by atoms with Crippen LogP contribution in [-0.4, -0.2) is 39.8 Å². The summed E-state index contributed by atoms with van der Waals surface area (Å²) in [5, 5.41) is 11.3. The van der Waals surface area contributed by atoms with Crippen molar-refractivity contribution < 1.29 is 4.79 Å². The summed E-state index contributed by atoms with van der Waals surface area (Å²) in [6, 6.07) is 7.60. The predicted molar refractivity (Wildman–Crippen MR) is 93.8 cm³/mol. The van der Waals surface area contributed by atoms with Gasteiger partial charge in [-0.25, -0.2) is 9.67 Å². The number of carbonyl (C=O) groups is 1. The Morgan fingerprint density at radius 2 is 2.04 bits per heavy atom. The van der Waals surface area contributed by atoms with Gasteiger partial charge in [0, 0.05) is 12.0 Å². The molecule has 1 aliphatic rings. The molecule has 0 aliphatic carbocycles. The first-order valence-corrected chi connectivity index (χ1v) is 8.67. The van der Waals surface area contributed by atoms with Crippen LogP contribution in [0, 0.1) is 0 Å². The highest BCUT2D eigenvalue weighted by molar-refractivity contribution is 6.32. The number of para-hydroxylation sites is 1. The quantitative estimate of drug-likeness (QED) is 0.891. The van der Waals surface area contributed by atoms with Crippen LogP contribution in [0.5, 0.6) is 0 Å². The average molecular weight is 348 g/mol. The SMILES string of the molecule is CC(C)c1nc(C(=O)NC2CCNCC2)nn1-c1ccccc1Cl. The molecule has 6 nitrogen and oxygen atoms in total. The number of hydrogen-bond acceptors (Lipinski definition) is 4. The summed E-state index contributed by atoms with van der Waals surface area (Å²) in [5.41, 5.74) is 0.733. The maximum absolute atomic E-state index is 12.5. The van der Waals surface area contributed by atoms with E-state index in [-0.39, 0.29) is 23.7 Å². The van der Waals surface area contributed by atoms with Crippen LogP contribution in [0.25, 0.3) is 5.69 Å². The molecule has 2 heterocycles. The van der Waals surface area contributed by atoms with Crippen molar-refractivity contribution in [1.29, 1.82) is 0 Å². The number of nitrogens with zero attached hydrogens (tertiary/aromatic N) is 3. The van der Waals surface area contributed by atoms with Gasteiger partial charge in [-0.15, -0.1) is 5.10 Å². The Bertz CT molecular complexity index is 722. The van der Waals surface area contributed by atoms with Crippen LogP contribution < -0.4 is 10.6 Å². The number of hydrogen-bond donors (Lipinski definition) is 2. The van der Waals surface area contributed by atoms with Gasteiger partial charge in [0.05, 0.1) is 10.7 Å². The zero-order valence-corrected chi connectivity index (χ0v) is 14.7. The molecule has 128 valence electrons. The van der Waals surface area contributed by atoms with E-state index in [1.165, 1.54) is 0 Å². The van der Waals surface area contributed by atoms with Gasteiger partial charge in [-0.1, -0.05) is 37.6 Å². The number of halogens is 1. The van der Waals surface area contributed by atoms with Crippen LogP contribution in [0.3, 0.4) is 0 Å². The zero-order valence-electron chi connectivity index (χ0n) is 13.9. The Balaban J connectivity index is 1.88. The second-order valence-corrected chi connectivity index (χ2v) is 6.72. The van der Waals surface area contributed by atoms with E-state index >= 15 is 0 Å². The summed E-state index contributed by atoms with van der Waals surface area (Å²) in [4.78, 5) is 17.0. The van der Waals surface area contributed by atoms with Gasteiger partial charge in [0.15, 0.2) is 0 Å². The number of carbonyl (C=O) groups excluding carboxylic acids is 1. The van der Waals surface area contributed by atoms with Crippen LogP contribution in [-0.2, 0) is 0 Å². The highest BCUT2D eigenvalue weighted by Crippen LogP contribution is 2.23. The van der Waals surface area contributed by atoms with Gasteiger partial charge < -0.3 is 10.6 Å². The Hall–Kier alpha value is -1.92. The average Bonchev–Trinajstić information content (AvgIpc) is 3.02. The van der Waals surface area contributed by atoms with Crippen LogP contribution in [0.1, 0.15) is 49.1 Å². The molecule has 1 aromatic heterocycles. The molecule has 0 atom stereocenters. The third-order valence-corrected chi connectivity index (χ3v) is 4.43. The normalized spacial score (nSPS) is 15.7. The molecule has 1 aliphatic heterocycles. The van der Waals surface area contributed by atoms with Crippen molar-refractivity contribution in [3.05, 3.63) is 40.9 Å². The van der Waals surface area contributed by atoms with Gasteiger partial charge in [-0.2, -0.15) is 0 Å². The molecule has 0 saturated carbocycles. The minimum absolute atomic E-state index is 0.120. The first-order valence-electron chi connectivity index (χ1n) is 8.29. The molecule has 0 bridgehead atoms. The van der Waals surface area contributed by atoms with Gasteiger partial charge >= 0.3 is 0 Å². The third-order valence-electron chi connectivity index (χ3n) is 4.11. The van der Waals surface area contributed by atoms with E-state index in [1.807, 2.05) is 32.0 Å². The lowest BCUT2D eigenvalue weighted by atomic mass is 10.1. The number of aromatic nitrogens is 3. The summed E-state index contributed by atoms with van der Waals surface area (Å²) in [6.45, 7) is 5.88. The van der Waals surface area contributed by atoms with E-state index in [1.54, 1.807) is 10.7 Å². The molecule has 2 N–H and O–H groups in total. The fraction of sp³-hybridized carbons (Fsp3) is 0.471. The van der Waals surface area contributed by atoms with Gasteiger partial charge in [-0.05, 0) is 38.1 Å². The summed E-state index contributed by atoms with van der Waals surface area (Å²) in [7, 11) is 0. The van der Waals surface area contributed by atoms with Crippen LogP contribution in [0.15, 0.2) is 24.3 Å². The Labute approximate surface area is 146 Å². The lowest BCUT2D eigenvalue weighted by Gasteiger charge is -2.22. The largest absolute Gasteiger partial charge is 0.346 e. The first-order chi connectivity index (χ1) is 11.6. The summed E-state index contributed by atoms with van der Waals surface area (Å²) < 4.78 is 1.67. The summed E-state index contributed by atoms with van der Waals surface area (Å²) in [6.07, 6.45) is 1.85. The van der Waals surface area contributed by atoms with Gasteiger partial charge in [0.25, 0.3) is 5.91 Å². The number of nitrogens with one attached hydrogen (secondary N) is 2. The molecule has 1 aromatic carbocycles. The van der Waals surface area contributed by atoms with Gasteiger partial charge in [0.1, 0.15) is 5.82 Å².